The van der Waals surface area contributed by atoms with E-state index < -0.39 is 12.5 Å². The lowest BCUT2D eigenvalue weighted by Gasteiger charge is -2.34. The number of hydrogen-bond donors (Lipinski definition) is 0. The second kappa shape index (κ2) is 8.35. The Kier molecular flexibility index (Phi) is 5.63. The van der Waals surface area contributed by atoms with Crippen LogP contribution in [0.25, 0.3) is 10.1 Å². The maximum atomic E-state index is 13.4. The van der Waals surface area contributed by atoms with E-state index in [1.807, 2.05) is 0 Å². The zero-order valence-corrected chi connectivity index (χ0v) is 16.5. The molecule has 0 unspecified atom stereocenters. The predicted molar refractivity (Wildman–Crippen MR) is 107 cm³/mol. The van der Waals surface area contributed by atoms with Crippen LogP contribution in [0, 0.1) is 5.82 Å². The number of nitrogens with zero attached hydrogens (tertiary/aromatic N) is 2. The molecule has 5 nitrogen and oxygen atoms in total. The van der Waals surface area contributed by atoms with E-state index in [2.05, 4.69) is 4.74 Å². The van der Waals surface area contributed by atoms with Gasteiger partial charge in [0.25, 0.3) is 11.8 Å². The molecule has 1 aliphatic heterocycles. The fraction of sp³-hybridized carbons (Fsp3) is 0.238. The van der Waals surface area contributed by atoms with E-state index in [1.165, 1.54) is 46.6 Å². The summed E-state index contributed by atoms with van der Waals surface area (Å²) in [6.45, 7) is -1.86. The van der Waals surface area contributed by atoms with E-state index in [-0.39, 0.29) is 36.1 Å². The number of carbonyl (C=O) groups excluding carboxylic acids is 2. The average molecular weight is 434 g/mol. The van der Waals surface area contributed by atoms with E-state index >= 15 is 0 Å². The number of ether oxygens (including phenoxy) is 1. The third-order valence-electron chi connectivity index (χ3n) is 4.88. The summed E-state index contributed by atoms with van der Waals surface area (Å²) >= 11 is 1.29. The number of halogens is 3. The molecule has 0 saturated carbocycles. The van der Waals surface area contributed by atoms with Crippen molar-refractivity contribution in [2.45, 2.75) is 6.61 Å². The van der Waals surface area contributed by atoms with Crippen molar-refractivity contribution in [3.63, 3.8) is 0 Å². The highest BCUT2D eigenvalue weighted by atomic mass is 32.1. The smallest absolute Gasteiger partial charge is 0.387 e. The summed E-state index contributed by atoms with van der Waals surface area (Å²) in [5, 5.41) is 0.674. The van der Waals surface area contributed by atoms with Crippen LogP contribution >= 0.6 is 11.3 Å². The molecule has 0 radical (unpaired) electrons. The molecule has 1 saturated heterocycles. The monoisotopic (exact) mass is 434 g/mol. The lowest BCUT2D eigenvalue weighted by Crippen LogP contribution is -2.50. The molecule has 0 aliphatic carbocycles. The largest absolute Gasteiger partial charge is 0.434 e. The highest BCUT2D eigenvalue weighted by Gasteiger charge is 2.28. The molecule has 0 atom stereocenters. The number of hydrogen-bond acceptors (Lipinski definition) is 4. The molecular formula is C21H17F3N2O3S. The van der Waals surface area contributed by atoms with Gasteiger partial charge in [-0.2, -0.15) is 8.78 Å². The minimum atomic E-state index is -3.02. The first-order chi connectivity index (χ1) is 14.4. The maximum absolute atomic E-state index is 13.4. The summed E-state index contributed by atoms with van der Waals surface area (Å²) in [5.41, 5.74) is 0.0594. The molecule has 156 valence electrons. The van der Waals surface area contributed by atoms with Gasteiger partial charge in [0.15, 0.2) is 0 Å². The first-order valence-electron chi connectivity index (χ1n) is 9.24. The van der Waals surface area contributed by atoms with E-state index in [1.54, 1.807) is 23.1 Å². The van der Waals surface area contributed by atoms with E-state index in [0.717, 1.165) is 4.70 Å². The van der Waals surface area contributed by atoms with Gasteiger partial charge >= 0.3 is 6.61 Å². The molecule has 30 heavy (non-hydrogen) atoms. The Morgan fingerprint density at radius 1 is 0.933 bits per heavy atom. The maximum Gasteiger partial charge on any atom is 0.387 e. The summed E-state index contributed by atoms with van der Waals surface area (Å²) in [5.74, 6) is -1.13. The van der Waals surface area contributed by atoms with Gasteiger partial charge in [-0.15, -0.1) is 11.3 Å². The third kappa shape index (κ3) is 4.11. The van der Waals surface area contributed by atoms with Crippen LogP contribution in [0.1, 0.15) is 20.0 Å². The van der Waals surface area contributed by atoms with Gasteiger partial charge in [-0.25, -0.2) is 4.39 Å². The first-order valence-corrected chi connectivity index (χ1v) is 10.1. The van der Waals surface area contributed by atoms with Crippen LogP contribution in [0.5, 0.6) is 5.75 Å². The number of piperazine rings is 1. The van der Waals surface area contributed by atoms with Gasteiger partial charge in [0.05, 0.1) is 10.4 Å². The van der Waals surface area contributed by atoms with Crippen LogP contribution in [-0.4, -0.2) is 54.4 Å². The van der Waals surface area contributed by atoms with Crippen molar-refractivity contribution in [2.24, 2.45) is 0 Å². The zero-order chi connectivity index (χ0) is 21.3. The van der Waals surface area contributed by atoms with Crippen molar-refractivity contribution in [3.05, 3.63) is 64.8 Å². The lowest BCUT2D eigenvalue weighted by atomic mass is 10.1. The van der Waals surface area contributed by atoms with Gasteiger partial charge in [-0.05, 0) is 41.8 Å². The van der Waals surface area contributed by atoms with Gasteiger partial charge < -0.3 is 14.5 Å². The van der Waals surface area contributed by atoms with E-state index in [0.29, 0.717) is 23.4 Å². The van der Waals surface area contributed by atoms with Gasteiger partial charge in [-0.1, -0.05) is 12.1 Å². The summed E-state index contributed by atoms with van der Waals surface area (Å²) < 4.78 is 43.8. The van der Waals surface area contributed by atoms with Crippen molar-refractivity contribution < 1.29 is 27.5 Å². The van der Waals surface area contributed by atoms with Gasteiger partial charge in [0.1, 0.15) is 11.6 Å². The number of thiophene rings is 1. The molecule has 4 rings (SSSR count). The number of carbonyl (C=O) groups is 2. The van der Waals surface area contributed by atoms with Gasteiger partial charge in [0, 0.05) is 30.9 Å². The molecule has 2 amide bonds. The normalized spacial score (nSPS) is 14.4. The minimum Gasteiger partial charge on any atom is -0.434 e. The van der Waals surface area contributed by atoms with Crippen LogP contribution in [0.2, 0.25) is 0 Å². The molecule has 0 spiro atoms. The highest BCUT2D eigenvalue weighted by Crippen LogP contribution is 2.28. The van der Waals surface area contributed by atoms with E-state index in [9.17, 15) is 22.8 Å². The van der Waals surface area contributed by atoms with Crippen LogP contribution in [0.4, 0.5) is 13.2 Å². The standard InChI is InChI=1S/C21H17F3N2O3S/c22-14-5-6-17-13(11-14)12-18(30-17)20(28)26-9-7-25(8-10-26)19(27)15-3-1-2-4-16(15)29-21(23)24/h1-6,11-12,21H,7-10H2. The Morgan fingerprint density at radius 3 is 2.30 bits per heavy atom. The van der Waals surface area contributed by atoms with Crippen LogP contribution in [-0.2, 0) is 0 Å². The fourth-order valence-corrected chi connectivity index (χ4v) is 4.41. The summed E-state index contributed by atoms with van der Waals surface area (Å²) in [4.78, 5) is 29.2. The molecule has 9 heteroatoms. The van der Waals surface area contributed by atoms with Crippen molar-refractivity contribution in [2.75, 3.05) is 26.2 Å². The summed E-state index contributed by atoms with van der Waals surface area (Å²) in [6, 6.07) is 11.9. The highest BCUT2D eigenvalue weighted by molar-refractivity contribution is 7.20. The SMILES string of the molecule is O=C(c1cc2cc(F)ccc2s1)N1CCN(C(=O)c2ccccc2OC(F)F)CC1. The van der Waals surface area contributed by atoms with Crippen LogP contribution < -0.4 is 4.74 Å². The molecule has 2 heterocycles. The Morgan fingerprint density at radius 2 is 1.60 bits per heavy atom. The molecular weight excluding hydrogens is 417 g/mol. The number of fused-ring (bicyclic) bond motifs is 1. The molecule has 3 aromatic rings. The minimum absolute atomic E-state index is 0.0594. The number of para-hydroxylation sites is 1. The lowest BCUT2D eigenvalue weighted by molar-refractivity contribution is -0.0503. The number of rotatable bonds is 4. The second-order valence-electron chi connectivity index (χ2n) is 6.75. The van der Waals surface area contributed by atoms with Crippen molar-refractivity contribution >= 4 is 33.2 Å². The summed E-state index contributed by atoms with van der Waals surface area (Å²) in [6.07, 6.45) is 0. The predicted octanol–water partition coefficient (Wildman–Crippen LogP) is 4.24. The molecule has 1 aliphatic rings. The molecule has 1 aromatic heterocycles. The zero-order valence-electron chi connectivity index (χ0n) is 15.7. The van der Waals surface area contributed by atoms with Crippen molar-refractivity contribution in [1.29, 1.82) is 0 Å². The third-order valence-corrected chi connectivity index (χ3v) is 5.98. The van der Waals surface area contributed by atoms with E-state index in [4.69, 9.17) is 0 Å². The van der Waals surface area contributed by atoms with Gasteiger partial charge in [0.2, 0.25) is 0 Å². The fourth-order valence-electron chi connectivity index (χ4n) is 3.40. The molecule has 2 aromatic carbocycles. The number of benzene rings is 2. The second-order valence-corrected chi connectivity index (χ2v) is 7.84. The quantitative estimate of drug-likeness (QED) is 0.617. The topological polar surface area (TPSA) is 49.9 Å². The Hall–Kier alpha value is -3.07. The number of amides is 2. The molecule has 0 bridgehead atoms. The number of alkyl halides is 2. The van der Waals surface area contributed by atoms with Gasteiger partial charge in [-0.3, -0.25) is 9.59 Å². The van der Waals surface area contributed by atoms with Crippen molar-refractivity contribution in [1.82, 2.24) is 9.80 Å². The molecule has 1 fully saturated rings. The van der Waals surface area contributed by atoms with Crippen LogP contribution in [0.3, 0.4) is 0 Å². The average Bonchev–Trinajstić information content (AvgIpc) is 3.16. The first kappa shape index (κ1) is 20.2. The Labute approximate surface area is 174 Å². The Balaban J connectivity index is 1.43. The van der Waals surface area contributed by atoms with Crippen LogP contribution in [0.15, 0.2) is 48.5 Å². The molecule has 0 N–H and O–H groups in total. The Bertz CT molecular complexity index is 1090. The van der Waals surface area contributed by atoms with Crippen molar-refractivity contribution in [3.8, 4) is 5.75 Å². The summed E-state index contributed by atoms with van der Waals surface area (Å²) in [7, 11) is 0.